The standard InChI is InChI=1S/C10H11ClN2O.C8H15NO2/c11-8-3-1-2-7(4-5-8)6-9(12)10(13)14;9-7-2-1-3-8(6-7)10-4-5-11-8/h1-3,5-6H,4,12H2,(H2,13,14);7H,1-6,9H2/b9-6-;/t;7-/m.0/s1. The first-order valence-electron chi connectivity index (χ1n) is 8.43. The summed E-state index contributed by atoms with van der Waals surface area (Å²) in [7, 11) is 0. The molecule has 25 heavy (non-hydrogen) atoms. The van der Waals surface area contributed by atoms with Crippen LogP contribution in [0.5, 0.6) is 0 Å². The van der Waals surface area contributed by atoms with E-state index in [-0.39, 0.29) is 17.5 Å². The maximum atomic E-state index is 10.7. The van der Waals surface area contributed by atoms with E-state index in [1.807, 2.05) is 12.2 Å². The van der Waals surface area contributed by atoms with Gasteiger partial charge in [0.1, 0.15) is 0 Å². The van der Waals surface area contributed by atoms with Crippen LogP contribution in [0.2, 0.25) is 0 Å². The molecule has 6 nitrogen and oxygen atoms in total. The van der Waals surface area contributed by atoms with E-state index in [0.717, 1.165) is 44.5 Å². The third kappa shape index (κ3) is 6.32. The Kier molecular flexibility index (Phi) is 7.25. The highest BCUT2D eigenvalue weighted by Gasteiger charge is 2.40. The lowest BCUT2D eigenvalue weighted by molar-refractivity contribution is -0.179. The van der Waals surface area contributed by atoms with Gasteiger partial charge in [-0.05, 0) is 37.0 Å². The summed E-state index contributed by atoms with van der Waals surface area (Å²) < 4.78 is 11.1. The van der Waals surface area contributed by atoms with Gasteiger partial charge in [-0.15, -0.1) is 0 Å². The lowest BCUT2D eigenvalue weighted by atomic mass is 9.90. The van der Waals surface area contributed by atoms with Crippen molar-refractivity contribution in [3.05, 3.63) is 46.7 Å². The van der Waals surface area contributed by atoms with E-state index < -0.39 is 5.91 Å². The van der Waals surface area contributed by atoms with E-state index >= 15 is 0 Å². The molecule has 0 unspecified atom stereocenters. The fourth-order valence-electron chi connectivity index (χ4n) is 2.99. The fourth-order valence-corrected chi connectivity index (χ4v) is 3.14. The monoisotopic (exact) mass is 367 g/mol. The lowest BCUT2D eigenvalue weighted by Crippen LogP contribution is -2.41. The molecule has 2 aliphatic carbocycles. The quantitative estimate of drug-likeness (QED) is 0.645. The third-order valence-electron chi connectivity index (χ3n) is 4.24. The second-order valence-corrected chi connectivity index (χ2v) is 6.76. The molecule has 1 amide bonds. The Bertz CT molecular complexity index is 602. The number of nitrogens with two attached hydrogens (primary N) is 3. The van der Waals surface area contributed by atoms with E-state index in [4.69, 9.17) is 38.3 Å². The minimum atomic E-state index is -0.616. The van der Waals surface area contributed by atoms with Crippen molar-refractivity contribution in [2.24, 2.45) is 17.2 Å². The topological polar surface area (TPSA) is 114 Å². The summed E-state index contributed by atoms with van der Waals surface area (Å²) in [6.45, 7) is 1.49. The van der Waals surface area contributed by atoms with Gasteiger partial charge in [-0.3, -0.25) is 4.79 Å². The largest absolute Gasteiger partial charge is 0.394 e. The summed E-state index contributed by atoms with van der Waals surface area (Å²) >= 11 is 5.78. The molecule has 1 heterocycles. The number of primary amides is 1. The van der Waals surface area contributed by atoms with Crippen LogP contribution < -0.4 is 17.2 Å². The van der Waals surface area contributed by atoms with Gasteiger partial charge in [0, 0.05) is 23.9 Å². The van der Waals surface area contributed by atoms with Crippen molar-refractivity contribution >= 4 is 17.5 Å². The first-order valence-corrected chi connectivity index (χ1v) is 8.81. The van der Waals surface area contributed by atoms with Crippen LogP contribution in [-0.4, -0.2) is 30.9 Å². The summed E-state index contributed by atoms with van der Waals surface area (Å²) in [5.74, 6) is -0.897. The minimum absolute atomic E-state index is 0.0519. The molecule has 7 heteroatoms. The third-order valence-corrected chi connectivity index (χ3v) is 4.52. The molecule has 3 rings (SSSR count). The highest BCUT2D eigenvalue weighted by molar-refractivity contribution is 6.31. The van der Waals surface area contributed by atoms with Crippen LogP contribution in [0.15, 0.2) is 46.7 Å². The van der Waals surface area contributed by atoms with Gasteiger partial charge >= 0.3 is 0 Å². The molecule has 0 aromatic carbocycles. The predicted octanol–water partition coefficient (Wildman–Crippen LogP) is 1.95. The molecule has 0 bridgehead atoms. The maximum Gasteiger partial charge on any atom is 0.264 e. The van der Waals surface area contributed by atoms with Gasteiger partial charge in [0.25, 0.3) is 5.91 Å². The molecule has 138 valence electrons. The minimum Gasteiger partial charge on any atom is -0.394 e. The molecular weight excluding hydrogens is 342 g/mol. The number of halogens is 1. The molecule has 0 radical (unpaired) electrons. The van der Waals surface area contributed by atoms with Crippen LogP contribution in [-0.2, 0) is 14.3 Å². The molecule has 6 N–H and O–H groups in total. The van der Waals surface area contributed by atoms with Gasteiger partial charge in [0.15, 0.2) is 5.79 Å². The molecule has 1 saturated carbocycles. The van der Waals surface area contributed by atoms with Gasteiger partial charge in [0.05, 0.1) is 18.9 Å². The molecule has 1 aliphatic heterocycles. The van der Waals surface area contributed by atoms with Crippen molar-refractivity contribution in [2.45, 2.75) is 43.9 Å². The van der Waals surface area contributed by atoms with Crippen LogP contribution in [0.25, 0.3) is 0 Å². The van der Waals surface area contributed by atoms with Crippen molar-refractivity contribution in [3.63, 3.8) is 0 Å². The number of hydrogen-bond donors (Lipinski definition) is 3. The zero-order valence-electron chi connectivity index (χ0n) is 14.2. The molecular formula is C18H26ClN3O3. The molecule has 0 aromatic heterocycles. The fraction of sp³-hybridized carbons (Fsp3) is 0.500. The van der Waals surface area contributed by atoms with Crippen molar-refractivity contribution in [3.8, 4) is 0 Å². The average Bonchev–Trinajstić information content (AvgIpc) is 2.89. The molecule has 3 aliphatic rings. The Hall–Kier alpha value is -1.60. The zero-order chi connectivity index (χ0) is 18.3. The molecule has 1 saturated heterocycles. The first kappa shape index (κ1) is 19.7. The van der Waals surface area contributed by atoms with E-state index in [9.17, 15) is 4.79 Å². The summed E-state index contributed by atoms with van der Waals surface area (Å²) in [6.07, 6.45) is 13.6. The number of hydrogen-bond acceptors (Lipinski definition) is 5. The van der Waals surface area contributed by atoms with Gasteiger partial charge in [-0.2, -0.15) is 0 Å². The summed E-state index contributed by atoms with van der Waals surface area (Å²) in [5.41, 5.74) is 17.2. The van der Waals surface area contributed by atoms with E-state index in [2.05, 4.69) is 0 Å². The Morgan fingerprint density at radius 3 is 2.68 bits per heavy atom. The highest BCUT2D eigenvalue weighted by atomic mass is 35.5. The maximum absolute atomic E-state index is 10.7. The van der Waals surface area contributed by atoms with E-state index in [1.54, 1.807) is 18.2 Å². The molecule has 2 fully saturated rings. The Labute approximate surface area is 153 Å². The van der Waals surface area contributed by atoms with Crippen LogP contribution in [0.1, 0.15) is 32.1 Å². The van der Waals surface area contributed by atoms with Crippen LogP contribution in [0.4, 0.5) is 0 Å². The van der Waals surface area contributed by atoms with Crippen molar-refractivity contribution < 1.29 is 14.3 Å². The lowest BCUT2D eigenvalue weighted by Gasteiger charge is -2.34. The number of ether oxygens (including phenoxy) is 2. The first-order chi connectivity index (χ1) is 11.9. The van der Waals surface area contributed by atoms with Crippen LogP contribution >= 0.6 is 11.6 Å². The highest BCUT2D eigenvalue weighted by Crippen LogP contribution is 2.34. The number of rotatable bonds is 2. The van der Waals surface area contributed by atoms with Gasteiger partial charge in [-0.25, -0.2) is 0 Å². The molecule has 1 atom stereocenters. The van der Waals surface area contributed by atoms with Crippen molar-refractivity contribution in [2.75, 3.05) is 13.2 Å². The van der Waals surface area contributed by atoms with Crippen LogP contribution in [0.3, 0.4) is 0 Å². The van der Waals surface area contributed by atoms with Gasteiger partial charge in [0.2, 0.25) is 0 Å². The van der Waals surface area contributed by atoms with Gasteiger partial charge in [-0.1, -0.05) is 29.8 Å². The number of carbonyl (C=O) groups is 1. The van der Waals surface area contributed by atoms with Crippen molar-refractivity contribution in [1.82, 2.24) is 0 Å². The number of allylic oxidation sites excluding steroid dienone is 7. The second-order valence-electron chi connectivity index (χ2n) is 6.32. The molecule has 1 spiro atoms. The second kappa shape index (κ2) is 9.20. The summed E-state index contributed by atoms with van der Waals surface area (Å²) in [6, 6.07) is 0.279. The smallest absolute Gasteiger partial charge is 0.264 e. The zero-order valence-corrected chi connectivity index (χ0v) is 15.0. The normalized spacial score (nSPS) is 25.5. The SMILES string of the molecule is NC(=O)/C(N)=C/C1=CC=CC(Cl)=CC1.N[C@H]1CCCC2(C1)OCCO2. The van der Waals surface area contributed by atoms with Crippen LogP contribution in [0, 0.1) is 0 Å². The number of carbonyl (C=O) groups excluding carboxylic acids is 1. The predicted molar refractivity (Wildman–Crippen MR) is 98.3 cm³/mol. The summed E-state index contributed by atoms with van der Waals surface area (Å²) in [4.78, 5) is 10.7. The van der Waals surface area contributed by atoms with Gasteiger partial charge < -0.3 is 26.7 Å². The Morgan fingerprint density at radius 1 is 1.32 bits per heavy atom. The Balaban J connectivity index is 0.000000185. The molecule has 0 aromatic rings. The number of amides is 1. The Morgan fingerprint density at radius 2 is 2.04 bits per heavy atom. The van der Waals surface area contributed by atoms with E-state index in [1.165, 1.54) is 0 Å². The van der Waals surface area contributed by atoms with E-state index in [0.29, 0.717) is 11.5 Å². The summed E-state index contributed by atoms with van der Waals surface area (Å²) in [5, 5.41) is 0.669. The average molecular weight is 368 g/mol. The van der Waals surface area contributed by atoms with Crippen molar-refractivity contribution in [1.29, 1.82) is 0 Å².